The molecule has 0 bridgehead atoms. The van der Waals surface area contributed by atoms with Crippen LogP contribution in [0, 0.1) is 5.92 Å². The summed E-state index contributed by atoms with van der Waals surface area (Å²) in [6, 6.07) is 5.26. The molecule has 2 N–H and O–H groups in total. The Hall–Kier alpha value is -3.67. The molecule has 12 heteroatoms. The van der Waals surface area contributed by atoms with Gasteiger partial charge >= 0.3 is 11.8 Å². The molecule has 12 nitrogen and oxygen atoms in total. The van der Waals surface area contributed by atoms with Gasteiger partial charge in [0.05, 0.1) is 11.0 Å². The minimum absolute atomic E-state index is 0.00842. The fourth-order valence-electron chi connectivity index (χ4n) is 6.49. The van der Waals surface area contributed by atoms with E-state index in [0.717, 1.165) is 62.8 Å². The zero-order chi connectivity index (χ0) is 30.9. The summed E-state index contributed by atoms with van der Waals surface area (Å²) in [6.07, 6.45) is 4.04. The zero-order valence-corrected chi connectivity index (χ0v) is 25.7. The van der Waals surface area contributed by atoms with Gasteiger partial charge in [0.25, 0.3) is 0 Å². The van der Waals surface area contributed by atoms with Crippen LogP contribution in [0.5, 0.6) is 0 Å². The van der Waals surface area contributed by atoms with E-state index in [4.69, 9.17) is 4.74 Å². The molecule has 4 amide bonds. The molecule has 1 atom stereocenters. The highest BCUT2D eigenvalue weighted by Crippen LogP contribution is 2.27. The lowest BCUT2D eigenvalue weighted by Crippen LogP contribution is -2.51. The van der Waals surface area contributed by atoms with E-state index in [1.807, 2.05) is 43.9 Å². The van der Waals surface area contributed by atoms with Crippen molar-refractivity contribution in [3.63, 3.8) is 0 Å². The van der Waals surface area contributed by atoms with Crippen LogP contribution in [0.2, 0.25) is 0 Å². The third-order valence-electron chi connectivity index (χ3n) is 8.87. The molecule has 0 radical (unpaired) electrons. The Balaban J connectivity index is 1.09. The average Bonchev–Trinajstić information content (AvgIpc) is 3.20. The number of carbonyl (C=O) groups is 4. The summed E-state index contributed by atoms with van der Waals surface area (Å²) in [7, 11) is 1.71. The third kappa shape index (κ3) is 7.11. The standard InChI is InChI=1S/C31H44N6O6/c1-31(2,3)43-29(41)32-22-8-6-21(7-9-22)28(40)36-17-15-35(16-18-36)14-13-20-5-10-23-25(19-20)34(4)30(42)37(23)24-11-12-26(38)33-27(24)39/h5,10,19,21-22,24H,6-9,11-18H2,1-4H3,(H,32,41)(H,33,38,39). The van der Waals surface area contributed by atoms with E-state index in [-0.39, 0.29) is 35.9 Å². The number of imidazole rings is 1. The number of piperidine rings is 1. The summed E-state index contributed by atoms with van der Waals surface area (Å²) in [5, 5.41) is 5.29. The van der Waals surface area contributed by atoms with Gasteiger partial charge in [-0.1, -0.05) is 6.07 Å². The Morgan fingerprint density at radius 1 is 0.977 bits per heavy atom. The van der Waals surface area contributed by atoms with Crippen LogP contribution in [0.1, 0.15) is 70.9 Å². The van der Waals surface area contributed by atoms with E-state index in [2.05, 4.69) is 15.5 Å². The van der Waals surface area contributed by atoms with Crippen molar-refractivity contribution < 1.29 is 23.9 Å². The van der Waals surface area contributed by atoms with Crippen LogP contribution < -0.4 is 16.3 Å². The van der Waals surface area contributed by atoms with Gasteiger partial charge in [0.2, 0.25) is 17.7 Å². The lowest BCUT2D eigenvalue weighted by Gasteiger charge is -2.38. The average molecular weight is 597 g/mol. The van der Waals surface area contributed by atoms with Crippen molar-refractivity contribution in [3.05, 3.63) is 34.2 Å². The van der Waals surface area contributed by atoms with Crippen molar-refractivity contribution in [2.24, 2.45) is 13.0 Å². The summed E-state index contributed by atoms with van der Waals surface area (Å²) < 4.78 is 8.42. The molecule has 234 valence electrons. The first-order chi connectivity index (χ1) is 20.4. The summed E-state index contributed by atoms with van der Waals surface area (Å²) in [4.78, 5) is 66.7. The predicted molar refractivity (Wildman–Crippen MR) is 160 cm³/mol. The Bertz CT molecular complexity index is 1440. The molecule has 0 spiro atoms. The SMILES string of the molecule is Cn1c(=O)n(C2CCC(=O)NC2=O)c2ccc(CCN3CCN(C(=O)C4CCC(NC(=O)OC(C)(C)C)CC4)CC3)cc21. The van der Waals surface area contributed by atoms with E-state index in [0.29, 0.717) is 25.0 Å². The van der Waals surface area contributed by atoms with Crippen molar-refractivity contribution in [2.45, 2.75) is 83.4 Å². The Morgan fingerprint density at radius 2 is 1.67 bits per heavy atom. The van der Waals surface area contributed by atoms with E-state index < -0.39 is 23.6 Å². The van der Waals surface area contributed by atoms with Crippen molar-refractivity contribution in [1.82, 2.24) is 29.6 Å². The van der Waals surface area contributed by atoms with Gasteiger partial charge in [-0.15, -0.1) is 0 Å². The van der Waals surface area contributed by atoms with E-state index >= 15 is 0 Å². The maximum absolute atomic E-state index is 13.2. The van der Waals surface area contributed by atoms with Crippen LogP contribution in [0.4, 0.5) is 4.79 Å². The molecule has 3 heterocycles. The number of benzene rings is 1. The number of nitrogens with zero attached hydrogens (tertiary/aromatic N) is 4. The monoisotopic (exact) mass is 596 g/mol. The second kappa shape index (κ2) is 12.5. The number of fused-ring (bicyclic) bond motifs is 1. The van der Waals surface area contributed by atoms with Crippen LogP contribution >= 0.6 is 0 Å². The molecule has 2 aliphatic heterocycles. The van der Waals surface area contributed by atoms with E-state index in [1.165, 1.54) is 4.57 Å². The van der Waals surface area contributed by atoms with Gasteiger partial charge in [0, 0.05) is 58.2 Å². The molecular formula is C31H44N6O6. The Kier molecular flexibility index (Phi) is 8.96. The number of hydrogen-bond acceptors (Lipinski definition) is 7. The fraction of sp³-hybridized carbons (Fsp3) is 0.645. The van der Waals surface area contributed by atoms with Crippen LogP contribution in [-0.2, 0) is 32.6 Å². The highest BCUT2D eigenvalue weighted by atomic mass is 16.6. The van der Waals surface area contributed by atoms with Crippen molar-refractivity contribution in [3.8, 4) is 0 Å². The molecule has 1 aromatic carbocycles. The number of hydrogen-bond donors (Lipinski definition) is 2. The van der Waals surface area contributed by atoms with Crippen molar-refractivity contribution >= 4 is 34.8 Å². The Labute approximate surface area is 251 Å². The summed E-state index contributed by atoms with van der Waals surface area (Å²) in [6.45, 7) is 9.41. The minimum Gasteiger partial charge on any atom is -0.444 e. The molecule has 1 aliphatic carbocycles. The number of amides is 4. The van der Waals surface area contributed by atoms with Gasteiger partial charge < -0.3 is 15.0 Å². The third-order valence-corrected chi connectivity index (χ3v) is 8.87. The van der Waals surface area contributed by atoms with Crippen molar-refractivity contribution in [1.29, 1.82) is 0 Å². The Morgan fingerprint density at radius 3 is 2.33 bits per heavy atom. The summed E-state index contributed by atoms with van der Waals surface area (Å²) >= 11 is 0. The number of aromatic nitrogens is 2. The van der Waals surface area contributed by atoms with Gasteiger partial charge in [0.1, 0.15) is 11.6 Å². The van der Waals surface area contributed by atoms with Crippen LogP contribution in [0.15, 0.2) is 23.0 Å². The number of aryl methyl sites for hydroxylation is 1. The number of piperazine rings is 1. The molecule has 2 aromatic rings. The number of rotatable bonds is 6. The fourth-order valence-corrected chi connectivity index (χ4v) is 6.49. The first kappa shape index (κ1) is 30.8. The lowest BCUT2D eigenvalue weighted by atomic mass is 9.85. The van der Waals surface area contributed by atoms with Gasteiger partial charge in [-0.2, -0.15) is 0 Å². The largest absolute Gasteiger partial charge is 0.444 e. The summed E-state index contributed by atoms with van der Waals surface area (Å²) in [5.41, 5.74) is 1.75. The number of alkyl carbamates (subject to hydrolysis) is 1. The highest BCUT2D eigenvalue weighted by molar-refractivity contribution is 6.00. The maximum Gasteiger partial charge on any atom is 0.407 e. The smallest absolute Gasteiger partial charge is 0.407 e. The highest BCUT2D eigenvalue weighted by Gasteiger charge is 2.33. The second-order valence-corrected chi connectivity index (χ2v) is 13.1. The minimum atomic E-state index is -0.692. The maximum atomic E-state index is 13.2. The first-order valence-corrected chi connectivity index (χ1v) is 15.4. The normalized spacial score (nSPS) is 23.7. The molecule has 1 saturated carbocycles. The molecule has 1 aromatic heterocycles. The van der Waals surface area contributed by atoms with E-state index in [9.17, 15) is 24.0 Å². The topological polar surface area (TPSA) is 135 Å². The zero-order valence-electron chi connectivity index (χ0n) is 25.7. The van der Waals surface area contributed by atoms with Crippen molar-refractivity contribution in [2.75, 3.05) is 32.7 Å². The lowest BCUT2D eigenvalue weighted by molar-refractivity contribution is -0.138. The van der Waals surface area contributed by atoms with Gasteiger partial charge in [-0.05, 0) is 77.0 Å². The van der Waals surface area contributed by atoms with Gasteiger partial charge in [-0.3, -0.25) is 33.7 Å². The number of nitrogens with one attached hydrogen (secondary N) is 2. The molecular weight excluding hydrogens is 552 g/mol. The predicted octanol–water partition coefficient (Wildman–Crippen LogP) is 2.09. The van der Waals surface area contributed by atoms with Crippen LogP contribution in [-0.4, -0.2) is 87.1 Å². The van der Waals surface area contributed by atoms with Gasteiger partial charge in [0.15, 0.2) is 0 Å². The van der Waals surface area contributed by atoms with E-state index in [1.54, 1.807) is 11.6 Å². The molecule has 3 aliphatic rings. The molecule has 3 fully saturated rings. The second-order valence-electron chi connectivity index (χ2n) is 13.1. The number of ether oxygens (including phenoxy) is 1. The van der Waals surface area contributed by atoms with Crippen LogP contribution in [0.3, 0.4) is 0 Å². The molecule has 5 rings (SSSR count). The quantitative estimate of drug-likeness (QED) is 0.488. The molecule has 2 saturated heterocycles. The molecule has 1 unspecified atom stereocenters. The van der Waals surface area contributed by atoms with Gasteiger partial charge in [-0.25, -0.2) is 9.59 Å². The summed E-state index contributed by atoms with van der Waals surface area (Å²) in [5.74, 6) is -0.509. The number of imide groups is 1. The first-order valence-electron chi connectivity index (χ1n) is 15.4. The van der Waals surface area contributed by atoms with Crippen LogP contribution in [0.25, 0.3) is 11.0 Å². The molecule has 43 heavy (non-hydrogen) atoms. The number of carbonyl (C=O) groups excluding carboxylic acids is 4.